The molecule has 8 heteroatoms. The van der Waals surface area contributed by atoms with Gasteiger partial charge in [0.25, 0.3) is 5.91 Å². The van der Waals surface area contributed by atoms with Crippen molar-refractivity contribution in [1.29, 1.82) is 0 Å². The van der Waals surface area contributed by atoms with E-state index in [1.165, 1.54) is 0 Å². The number of nitrogens with zero attached hydrogens (tertiary/aromatic N) is 1. The first-order chi connectivity index (χ1) is 18.3. The normalized spacial score (nSPS) is 24.7. The van der Waals surface area contributed by atoms with Crippen molar-refractivity contribution < 1.29 is 19.5 Å². The molecule has 0 aromatic heterocycles. The maximum Gasteiger partial charge on any atom is 0.252 e. The average molecular weight is 521 g/mol. The summed E-state index contributed by atoms with van der Waals surface area (Å²) in [7, 11) is 0. The van der Waals surface area contributed by atoms with Crippen LogP contribution in [0, 0.1) is 5.92 Å². The lowest BCUT2D eigenvalue weighted by molar-refractivity contribution is -0.131. The van der Waals surface area contributed by atoms with E-state index < -0.39 is 5.66 Å². The van der Waals surface area contributed by atoms with Crippen LogP contribution in [-0.4, -0.2) is 52.8 Å². The van der Waals surface area contributed by atoms with Gasteiger partial charge in [-0.25, -0.2) is 5.48 Å². The molecule has 2 aromatic rings. The van der Waals surface area contributed by atoms with Crippen LogP contribution < -0.4 is 20.9 Å². The predicted octanol–water partition coefficient (Wildman–Crippen LogP) is 4.82. The van der Waals surface area contributed by atoms with Gasteiger partial charge in [-0.05, 0) is 74.5 Å². The standard InChI is InChI=1S/C30H40N4O4/c1-4-16-30(20-22(19-27(35)33-37)15-18-34(30)5-2)32-28(36)24-10-12-25(13-11-24)38-21-29(3)17-14-23-8-6-7-9-26(23)31-29/h6-14,17,22,31,37H,4-5,15-16,18-21H2,1-3H3,(H,32,36)(H,33,35)/t22-,29?,30+/m0/s1. The molecule has 0 radical (unpaired) electrons. The number of ether oxygens (including phenoxy) is 1. The lowest BCUT2D eigenvalue weighted by atomic mass is 9.81. The summed E-state index contributed by atoms with van der Waals surface area (Å²) in [5.74, 6) is 0.256. The maximum atomic E-state index is 13.4. The molecular formula is C30H40N4O4. The van der Waals surface area contributed by atoms with E-state index in [9.17, 15) is 9.59 Å². The van der Waals surface area contributed by atoms with Crippen LogP contribution in [0.3, 0.4) is 0 Å². The van der Waals surface area contributed by atoms with Crippen molar-refractivity contribution >= 4 is 23.6 Å². The van der Waals surface area contributed by atoms with E-state index in [0.717, 1.165) is 43.6 Å². The van der Waals surface area contributed by atoms with E-state index in [-0.39, 0.29) is 29.7 Å². The molecule has 1 fully saturated rings. The number of anilines is 1. The van der Waals surface area contributed by atoms with Crippen molar-refractivity contribution in [3.05, 3.63) is 65.7 Å². The summed E-state index contributed by atoms with van der Waals surface area (Å²) < 4.78 is 6.09. The Labute approximate surface area is 225 Å². The predicted molar refractivity (Wildman–Crippen MR) is 149 cm³/mol. The first-order valence-electron chi connectivity index (χ1n) is 13.6. The Morgan fingerprint density at radius 1 is 1.16 bits per heavy atom. The van der Waals surface area contributed by atoms with Crippen LogP contribution in [0.2, 0.25) is 0 Å². The second-order valence-electron chi connectivity index (χ2n) is 10.7. The molecule has 2 aliphatic heterocycles. The number of hydrogen-bond donors (Lipinski definition) is 4. The third kappa shape index (κ3) is 6.37. The SMILES string of the molecule is CCC[C@]1(NC(=O)c2ccc(OCC3(C)C=Cc4ccccc4N3)cc2)C[C@H](CC(=O)NO)CCN1CC. The highest BCUT2D eigenvalue weighted by molar-refractivity contribution is 5.94. The Morgan fingerprint density at radius 2 is 1.92 bits per heavy atom. The monoisotopic (exact) mass is 520 g/mol. The van der Waals surface area contributed by atoms with Crippen LogP contribution in [0.4, 0.5) is 5.69 Å². The molecule has 0 bridgehead atoms. The smallest absolute Gasteiger partial charge is 0.252 e. The van der Waals surface area contributed by atoms with Crippen LogP contribution in [0.15, 0.2) is 54.6 Å². The van der Waals surface area contributed by atoms with Gasteiger partial charge >= 0.3 is 0 Å². The van der Waals surface area contributed by atoms with Crippen molar-refractivity contribution in [1.82, 2.24) is 15.7 Å². The third-order valence-electron chi connectivity index (χ3n) is 7.70. The van der Waals surface area contributed by atoms with Crippen LogP contribution in [0.25, 0.3) is 6.08 Å². The second-order valence-corrected chi connectivity index (χ2v) is 10.7. The Morgan fingerprint density at radius 3 is 2.63 bits per heavy atom. The van der Waals surface area contributed by atoms with Gasteiger partial charge in [0.15, 0.2) is 0 Å². The highest BCUT2D eigenvalue weighted by Gasteiger charge is 2.42. The number of piperidine rings is 1. The first kappa shape index (κ1) is 27.7. The van der Waals surface area contributed by atoms with Gasteiger partial charge < -0.3 is 15.4 Å². The number of rotatable bonds is 10. The van der Waals surface area contributed by atoms with E-state index in [4.69, 9.17) is 9.94 Å². The maximum absolute atomic E-state index is 13.4. The van der Waals surface area contributed by atoms with Gasteiger partial charge in [0.2, 0.25) is 5.91 Å². The molecule has 4 N–H and O–H groups in total. The molecule has 0 aliphatic carbocycles. The van der Waals surface area contributed by atoms with Crippen molar-refractivity contribution in [3.63, 3.8) is 0 Å². The summed E-state index contributed by atoms with van der Waals surface area (Å²) in [5, 5.41) is 15.8. The minimum absolute atomic E-state index is 0.0864. The summed E-state index contributed by atoms with van der Waals surface area (Å²) in [6.45, 7) is 8.33. The highest BCUT2D eigenvalue weighted by Crippen LogP contribution is 2.35. The fourth-order valence-electron chi connectivity index (χ4n) is 5.75. The molecule has 8 nitrogen and oxygen atoms in total. The molecule has 1 unspecified atom stereocenters. The van der Waals surface area contributed by atoms with Crippen LogP contribution in [0.5, 0.6) is 5.75 Å². The van der Waals surface area contributed by atoms with Gasteiger partial charge in [-0.2, -0.15) is 0 Å². The van der Waals surface area contributed by atoms with Crippen LogP contribution in [-0.2, 0) is 4.79 Å². The lowest BCUT2D eigenvalue weighted by Gasteiger charge is -2.50. The minimum atomic E-state index is -0.529. The molecule has 0 spiro atoms. The zero-order valence-corrected chi connectivity index (χ0v) is 22.6. The van der Waals surface area contributed by atoms with Gasteiger partial charge in [-0.1, -0.05) is 50.6 Å². The van der Waals surface area contributed by atoms with Crippen molar-refractivity contribution in [3.8, 4) is 5.75 Å². The van der Waals surface area contributed by atoms with Gasteiger partial charge in [0.1, 0.15) is 12.4 Å². The molecule has 2 amide bonds. The highest BCUT2D eigenvalue weighted by atomic mass is 16.5. The second kappa shape index (κ2) is 12.0. The summed E-state index contributed by atoms with van der Waals surface area (Å²) >= 11 is 0. The largest absolute Gasteiger partial charge is 0.491 e. The number of hydroxylamine groups is 1. The fourth-order valence-corrected chi connectivity index (χ4v) is 5.75. The Hall–Kier alpha value is -3.36. The zero-order valence-electron chi connectivity index (χ0n) is 22.6. The summed E-state index contributed by atoms with van der Waals surface area (Å²) in [6, 6.07) is 15.4. The molecule has 0 saturated carbocycles. The van der Waals surface area contributed by atoms with E-state index in [1.807, 2.05) is 24.3 Å². The topological polar surface area (TPSA) is 103 Å². The van der Waals surface area contributed by atoms with E-state index >= 15 is 0 Å². The molecule has 204 valence electrons. The average Bonchev–Trinajstić information content (AvgIpc) is 2.92. The lowest BCUT2D eigenvalue weighted by Crippen LogP contribution is -2.64. The summed E-state index contributed by atoms with van der Waals surface area (Å²) in [6.07, 6.45) is 7.67. The van der Waals surface area contributed by atoms with Gasteiger partial charge in [0.05, 0.1) is 11.2 Å². The van der Waals surface area contributed by atoms with Crippen LogP contribution in [0.1, 0.15) is 68.8 Å². The Bertz CT molecular complexity index is 1150. The quantitative estimate of drug-likeness (QED) is 0.265. The number of carbonyl (C=O) groups is 2. The number of likely N-dealkylation sites (tertiary alicyclic amines) is 1. The number of amides is 2. The Kier molecular flexibility index (Phi) is 8.74. The molecule has 38 heavy (non-hydrogen) atoms. The molecular weight excluding hydrogens is 480 g/mol. The number of para-hydroxylation sites is 1. The minimum Gasteiger partial charge on any atom is -0.491 e. The fraction of sp³-hybridized carbons (Fsp3) is 0.467. The summed E-state index contributed by atoms with van der Waals surface area (Å²) in [4.78, 5) is 27.5. The molecule has 4 rings (SSSR count). The van der Waals surface area contributed by atoms with E-state index in [0.29, 0.717) is 24.3 Å². The van der Waals surface area contributed by atoms with Crippen LogP contribution >= 0.6 is 0 Å². The molecule has 2 aromatic carbocycles. The van der Waals surface area contributed by atoms with Crippen molar-refractivity contribution in [2.24, 2.45) is 5.92 Å². The number of carbonyl (C=O) groups excluding carboxylic acids is 2. The van der Waals surface area contributed by atoms with Gasteiger partial charge in [0, 0.05) is 24.2 Å². The number of benzene rings is 2. The number of hydrogen-bond acceptors (Lipinski definition) is 6. The van der Waals surface area contributed by atoms with Crippen molar-refractivity contribution in [2.75, 3.05) is 25.0 Å². The van der Waals surface area contributed by atoms with E-state index in [2.05, 4.69) is 60.6 Å². The van der Waals surface area contributed by atoms with Gasteiger partial charge in [-0.3, -0.25) is 19.7 Å². The first-order valence-corrected chi connectivity index (χ1v) is 13.6. The molecule has 3 atom stereocenters. The van der Waals surface area contributed by atoms with E-state index in [1.54, 1.807) is 17.6 Å². The summed E-state index contributed by atoms with van der Waals surface area (Å²) in [5.41, 5.74) is 3.68. The van der Waals surface area contributed by atoms with Gasteiger partial charge in [-0.15, -0.1) is 0 Å². The molecule has 1 saturated heterocycles. The number of fused-ring (bicyclic) bond motifs is 1. The Balaban J connectivity index is 1.41. The third-order valence-corrected chi connectivity index (χ3v) is 7.70. The van der Waals surface area contributed by atoms with Crippen molar-refractivity contribution in [2.45, 2.75) is 64.1 Å². The molecule has 2 heterocycles. The number of nitrogens with one attached hydrogen (secondary N) is 3. The zero-order chi connectivity index (χ0) is 27.2. The molecule has 2 aliphatic rings.